The number of pyridine rings is 1. The van der Waals surface area contributed by atoms with Crippen molar-refractivity contribution >= 4 is 49.9 Å². The number of amides is 1. The summed E-state index contributed by atoms with van der Waals surface area (Å²) in [6, 6.07) is 6.12. The molecule has 19 heteroatoms. The van der Waals surface area contributed by atoms with Gasteiger partial charge in [0.15, 0.2) is 5.82 Å². The fourth-order valence-electron chi connectivity index (χ4n) is 7.46. The molecule has 2 aliphatic rings. The number of sulfonamides is 1. The summed E-state index contributed by atoms with van der Waals surface area (Å²) in [4.78, 5) is 18.5. The van der Waals surface area contributed by atoms with Crippen LogP contribution in [0.25, 0.3) is 22.0 Å². The number of aromatic nitrogens is 5. The molecule has 3 atom stereocenters. The standard InChI is InChI=1S/C34H31ClF6N8O3S/c1-14-23(42)12-20(18-5-7-22(35)27-30(18)48(2)46-33(27)47-53(3,51)52)28(43-14)24(10-15-8-16(36)11-17(37)9-15)44-25(50)13-49-31-26(29(45-49)32(38)39)19-4-6-21(19)34(31,40)41/h5,7-9,11-12,19,21,24,32H,4,6,10,13,42H2,1-3H3,(H,44,50)(H,46,47)/t19-,21+,24-/m0/s1. The first-order valence-corrected chi connectivity index (χ1v) is 18.5. The fraction of sp³-hybridized carbons (Fsp3) is 0.353. The number of carbonyl (C=O) groups excluding carboxylic acids is 1. The summed E-state index contributed by atoms with van der Waals surface area (Å²) in [5.41, 5.74) is 6.22. The first kappa shape index (κ1) is 36.5. The van der Waals surface area contributed by atoms with E-state index in [-0.39, 0.29) is 57.1 Å². The molecule has 0 saturated heterocycles. The van der Waals surface area contributed by atoms with Crippen molar-refractivity contribution in [3.8, 4) is 11.1 Å². The molecule has 11 nitrogen and oxygen atoms in total. The van der Waals surface area contributed by atoms with Crippen LogP contribution >= 0.6 is 11.6 Å². The van der Waals surface area contributed by atoms with Crippen LogP contribution in [0.15, 0.2) is 36.4 Å². The lowest BCUT2D eigenvalue weighted by Crippen LogP contribution is -2.36. The van der Waals surface area contributed by atoms with Gasteiger partial charge in [0, 0.05) is 35.7 Å². The predicted molar refractivity (Wildman–Crippen MR) is 184 cm³/mol. The lowest BCUT2D eigenvalue weighted by Gasteiger charge is -2.34. The summed E-state index contributed by atoms with van der Waals surface area (Å²) in [5, 5.41) is 11.1. The molecule has 2 aliphatic carbocycles. The molecule has 7 rings (SSSR count). The van der Waals surface area contributed by atoms with Gasteiger partial charge in [-0.2, -0.15) is 19.0 Å². The Bertz CT molecular complexity index is 2420. The van der Waals surface area contributed by atoms with Gasteiger partial charge in [-0.25, -0.2) is 26.0 Å². The molecule has 0 bridgehead atoms. The van der Waals surface area contributed by atoms with E-state index in [9.17, 15) is 30.8 Å². The molecule has 0 radical (unpaired) electrons. The molecule has 4 N–H and O–H groups in total. The van der Waals surface area contributed by atoms with Gasteiger partial charge in [-0.15, -0.1) is 0 Å². The second-order valence-corrected chi connectivity index (χ2v) is 15.5. The minimum Gasteiger partial charge on any atom is -0.397 e. The Kier molecular flexibility index (Phi) is 8.91. The maximum absolute atomic E-state index is 15.5. The molecule has 0 unspecified atom stereocenters. The summed E-state index contributed by atoms with van der Waals surface area (Å²) < 4.78 is 117. The molecule has 1 amide bonds. The molecule has 2 aromatic carbocycles. The Balaban J connectivity index is 1.35. The van der Waals surface area contributed by atoms with Gasteiger partial charge in [-0.1, -0.05) is 17.7 Å². The van der Waals surface area contributed by atoms with E-state index in [1.54, 1.807) is 13.0 Å². The summed E-state index contributed by atoms with van der Waals surface area (Å²) in [5.74, 6) is -8.28. The van der Waals surface area contributed by atoms with E-state index < -0.39 is 75.7 Å². The van der Waals surface area contributed by atoms with Crippen molar-refractivity contribution < 1.29 is 39.6 Å². The molecule has 0 spiro atoms. The maximum Gasteiger partial charge on any atom is 0.293 e. The predicted octanol–water partition coefficient (Wildman–Crippen LogP) is 6.66. The van der Waals surface area contributed by atoms with Crippen molar-refractivity contribution in [2.75, 3.05) is 16.7 Å². The van der Waals surface area contributed by atoms with Gasteiger partial charge >= 0.3 is 0 Å². The summed E-state index contributed by atoms with van der Waals surface area (Å²) in [6.07, 6.45) is -2.07. The molecule has 1 saturated carbocycles. The Morgan fingerprint density at radius 2 is 1.77 bits per heavy atom. The lowest BCUT2D eigenvalue weighted by molar-refractivity contribution is -0.123. The number of nitrogens with one attached hydrogen (secondary N) is 2. The van der Waals surface area contributed by atoms with Crippen molar-refractivity contribution in [2.24, 2.45) is 13.0 Å². The topological polar surface area (TPSA) is 150 Å². The number of halogens is 7. The number of nitrogens with two attached hydrogens (primary N) is 1. The number of carbonyl (C=O) groups is 1. The third-order valence-corrected chi connectivity index (χ3v) is 10.6. The van der Waals surface area contributed by atoms with Gasteiger partial charge in [0.1, 0.15) is 29.6 Å². The number of rotatable bonds is 10. The van der Waals surface area contributed by atoms with Crippen molar-refractivity contribution in [2.45, 2.75) is 57.0 Å². The average Bonchev–Trinajstić information content (AvgIpc) is 3.58. The van der Waals surface area contributed by atoms with Gasteiger partial charge in [-0.3, -0.25) is 23.9 Å². The van der Waals surface area contributed by atoms with Crippen LogP contribution in [0.1, 0.15) is 65.1 Å². The SMILES string of the molecule is Cc1nc([C@H](Cc2cc(F)cc(F)c2)NC(=O)Cn2nc(C(F)F)c3c2C(F)(F)[C@@H]2CC[C@H]32)c(-c2ccc(Cl)c3c(NS(C)(=O)=O)nn(C)c23)cc1N. The third-order valence-electron chi connectivity index (χ3n) is 9.76. The van der Waals surface area contributed by atoms with Gasteiger partial charge in [-0.05, 0) is 61.9 Å². The van der Waals surface area contributed by atoms with Crippen LogP contribution < -0.4 is 15.8 Å². The van der Waals surface area contributed by atoms with Crippen molar-refractivity contribution in [1.82, 2.24) is 29.9 Å². The van der Waals surface area contributed by atoms with Crippen LogP contribution in [0, 0.1) is 24.5 Å². The second kappa shape index (κ2) is 12.9. The van der Waals surface area contributed by atoms with E-state index >= 15 is 8.78 Å². The van der Waals surface area contributed by atoms with Crippen molar-refractivity contribution in [1.29, 1.82) is 0 Å². The maximum atomic E-state index is 15.5. The highest BCUT2D eigenvalue weighted by molar-refractivity contribution is 7.92. The number of benzene rings is 2. The van der Waals surface area contributed by atoms with E-state index in [1.165, 1.54) is 23.9 Å². The van der Waals surface area contributed by atoms with Crippen LogP contribution in [-0.4, -0.2) is 45.1 Å². The average molecular weight is 781 g/mol. The van der Waals surface area contributed by atoms with Gasteiger partial charge < -0.3 is 11.1 Å². The molecular formula is C34H31ClF6N8O3S. The Hall–Kier alpha value is -4.84. The zero-order valence-electron chi connectivity index (χ0n) is 28.2. The van der Waals surface area contributed by atoms with Crippen LogP contribution in [0.5, 0.6) is 0 Å². The molecule has 1 fully saturated rings. The molecule has 53 heavy (non-hydrogen) atoms. The molecule has 5 aromatic rings. The third kappa shape index (κ3) is 6.45. The quantitative estimate of drug-likeness (QED) is 0.134. The van der Waals surface area contributed by atoms with Gasteiger partial charge in [0.2, 0.25) is 15.9 Å². The van der Waals surface area contributed by atoms with Crippen LogP contribution in [0.2, 0.25) is 5.02 Å². The monoisotopic (exact) mass is 780 g/mol. The zero-order chi connectivity index (χ0) is 38.3. The van der Waals surface area contributed by atoms with Gasteiger partial charge in [0.25, 0.3) is 12.3 Å². The van der Waals surface area contributed by atoms with E-state index in [0.717, 1.165) is 18.4 Å². The first-order chi connectivity index (χ1) is 24.8. The summed E-state index contributed by atoms with van der Waals surface area (Å²) in [6.45, 7) is 0.698. The van der Waals surface area contributed by atoms with E-state index in [0.29, 0.717) is 33.9 Å². The normalized spacial score (nSPS) is 18.2. The van der Waals surface area contributed by atoms with E-state index in [2.05, 4.69) is 25.2 Å². The number of hydrogen-bond acceptors (Lipinski definition) is 7. The molecule has 280 valence electrons. The smallest absolute Gasteiger partial charge is 0.293 e. The lowest BCUT2D eigenvalue weighted by atomic mass is 9.73. The summed E-state index contributed by atoms with van der Waals surface area (Å²) in [7, 11) is -2.27. The van der Waals surface area contributed by atoms with E-state index in [4.69, 9.17) is 17.3 Å². The zero-order valence-corrected chi connectivity index (χ0v) is 29.8. The van der Waals surface area contributed by atoms with Crippen LogP contribution in [-0.2, 0) is 40.8 Å². The molecule has 3 heterocycles. The number of alkyl halides is 4. The minimum atomic E-state index is -3.80. The fourth-order valence-corrected chi connectivity index (χ4v) is 8.20. The number of hydrogen-bond donors (Lipinski definition) is 3. The minimum absolute atomic E-state index is 0.0771. The number of fused-ring (bicyclic) bond motifs is 4. The number of nitrogen functional groups attached to an aromatic ring is 1. The highest BCUT2D eigenvalue weighted by Crippen LogP contribution is 2.63. The van der Waals surface area contributed by atoms with Crippen molar-refractivity contribution in [3.63, 3.8) is 0 Å². The number of aryl methyl sites for hydroxylation is 2. The van der Waals surface area contributed by atoms with E-state index in [1.807, 2.05) is 0 Å². The highest BCUT2D eigenvalue weighted by Gasteiger charge is 2.62. The Labute approximate surface area is 303 Å². The molecular weight excluding hydrogens is 750 g/mol. The molecule has 0 aliphatic heterocycles. The Morgan fingerprint density at radius 3 is 2.40 bits per heavy atom. The number of nitrogens with zero attached hydrogens (tertiary/aromatic N) is 5. The highest BCUT2D eigenvalue weighted by atomic mass is 35.5. The summed E-state index contributed by atoms with van der Waals surface area (Å²) >= 11 is 6.54. The van der Waals surface area contributed by atoms with Gasteiger partial charge in [0.05, 0.1) is 45.3 Å². The largest absolute Gasteiger partial charge is 0.397 e. The Morgan fingerprint density at radius 1 is 1.08 bits per heavy atom. The number of anilines is 2. The van der Waals surface area contributed by atoms with Crippen molar-refractivity contribution in [3.05, 3.63) is 87.0 Å². The second-order valence-electron chi connectivity index (χ2n) is 13.4. The first-order valence-electron chi connectivity index (χ1n) is 16.3. The van der Waals surface area contributed by atoms with Crippen LogP contribution in [0.3, 0.4) is 0 Å². The van der Waals surface area contributed by atoms with Crippen LogP contribution in [0.4, 0.5) is 37.8 Å². The molecule has 3 aromatic heterocycles.